The van der Waals surface area contributed by atoms with Crippen LogP contribution in [0.25, 0.3) is 0 Å². The van der Waals surface area contributed by atoms with Crippen molar-refractivity contribution in [3.8, 4) is 0 Å². The minimum atomic E-state index is -3.42. The summed E-state index contributed by atoms with van der Waals surface area (Å²) >= 11 is 0. The molecule has 0 spiro atoms. The molecule has 1 aliphatic heterocycles. The van der Waals surface area contributed by atoms with Crippen LogP contribution < -0.4 is 5.32 Å². The highest BCUT2D eigenvalue weighted by Crippen LogP contribution is 2.19. The molecule has 2 aromatic carbocycles. The number of para-hydroxylation sites is 1. The number of anilines is 1. The maximum Gasteiger partial charge on any atom is 0.282 e. The number of nitrogens with zero attached hydrogens (tertiary/aromatic N) is 3. The Kier molecular flexibility index (Phi) is 8.20. The van der Waals surface area contributed by atoms with E-state index < -0.39 is 10.2 Å². The lowest BCUT2D eigenvalue weighted by Crippen LogP contribution is -2.54. The van der Waals surface area contributed by atoms with Gasteiger partial charge in [-0.2, -0.15) is 17.0 Å². The Balaban J connectivity index is 1.55. The Morgan fingerprint density at radius 1 is 0.935 bits per heavy atom. The number of hydrogen-bond donors (Lipinski definition) is 1. The molecule has 7 nitrogen and oxygen atoms in total. The van der Waals surface area contributed by atoms with Crippen LogP contribution in [-0.2, 0) is 21.4 Å². The highest BCUT2D eigenvalue weighted by Gasteiger charge is 2.31. The maximum absolute atomic E-state index is 12.7. The zero-order chi connectivity index (χ0) is 22.3. The van der Waals surface area contributed by atoms with Gasteiger partial charge in [0, 0.05) is 45.0 Å². The summed E-state index contributed by atoms with van der Waals surface area (Å²) in [5, 5.41) is 3.04. The second kappa shape index (κ2) is 10.9. The van der Waals surface area contributed by atoms with Crippen molar-refractivity contribution in [2.45, 2.75) is 20.3 Å². The van der Waals surface area contributed by atoms with Crippen molar-refractivity contribution < 1.29 is 13.2 Å². The molecule has 0 unspecified atom stereocenters. The number of amides is 1. The third-order valence-corrected chi connectivity index (χ3v) is 7.77. The van der Waals surface area contributed by atoms with Crippen molar-refractivity contribution in [3.63, 3.8) is 0 Å². The minimum Gasteiger partial charge on any atom is -0.325 e. The van der Waals surface area contributed by atoms with Gasteiger partial charge in [0.05, 0.1) is 6.54 Å². The number of carbonyl (C=O) groups is 1. The average Bonchev–Trinajstić information content (AvgIpc) is 2.77. The van der Waals surface area contributed by atoms with Gasteiger partial charge >= 0.3 is 0 Å². The van der Waals surface area contributed by atoms with E-state index in [2.05, 4.69) is 17.4 Å². The third kappa shape index (κ3) is 6.13. The predicted molar refractivity (Wildman–Crippen MR) is 124 cm³/mol. The van der Waals surface area contributed by atoms with Gasteiger partial charge in [-0.1, -0.05) is 62.4 Å². The van der Waals surface area contributed by atoms with Crippen LogP contribution in [-0.4, -0.2) is 73.6 Å². The highest BCUT2D eigenvalue weighted by molar-refractivity contribution is 7.86. The van der Waals surface area contributed by atoms with Crippen LogP contribution in [0.4, 0.5) is 5.69 Å². The lowest BCUT2D eigenvalue weighted by molar-refractivity contribution is -0.117. The third-order valence-electron chi connectivity index (χ3n) is 5.59. The first-order valence-corrected chi connectivity index (χ1v) is 12.2. The first-order valence-electron chi connectivity index (χ1n) is 10.8. The maximum atomic E-state index is 12.7. The molecule has 1 heterocycles. The molecule has 0 atom stereocenters. The van der Waals surface area contributed by atoms with Gasteiger partial charge in [0.25, 0.3) is 10.2 Å². The zero-order valence-corrected chi connectivity index (χ0v) is 19.1. The van der Waals surface area contributed by atoms with Crippen LogP contribution in [0.3, 0.4) is 0 Å². The monoisotopic (exact) mass is 444 g/mol. The first kappa shape index (κ1) is 23.4. The fraction of sp³-hybridized carbons (Fsp3) is 0.435. The molecule has 1 aliphatic rings. The summed E-state index contributed by atoms with van der Waals surface area (Å²) in [5.41, 5.74) is 3.08. The SMILES string of the molecule is CCN(CC)S(=O)(=O)N1CCN(CC(=O)Nc2ccccc2Cc2ccccc2)CC1. The molecule has 2 aromatic rings. The summed E-state index contributed by atoms with van der Waals surface area (Å²) < 4.78 is 28.3. The van der Waals surface area contributed by atoms with Crippen LogP contribution in [0.2, 0.25) is 0 Å². The summed E-state index contributed by atoms with van der Waals surface area (Å²) in [6.45, 7) is 6.74. The summed E-state index contributed by atoms with van der Waals surface area (Å²) in [4.78, 5) is 14.7. The molecule has 0 aliphatic carbocycles. The van der Waals surface area contributed by atoms with Crippen molar-refractivity contribution in [1.82, 2.24) is 13.5 Å². The molecule has 8 heteroatoms. The number of piperazine rings is 1. The molecule has 0 aromatic heterocycles. The molecule has 1 saturated heterocycles. The van der Waals surface area contributed by atoms with Gasteiger partial charge in [-0.25, -0.2) is 0 Å². The molecule has 168 valence electrons. The van der Waals surface area contributed by atoms with Crippen LogP contribution in [0.5, 0.6) is 0 Å². The quantitative estimate of drug-likeness (QED) is 0.645. The Morgan fingerprint density at radius 2 is 1.55 bits per heavy atom. The van der Waals surface area contributed by atoms with Gasteiger partial charge in [0.1, 0.15) is 0 Å². The fourth-order valence-corrected chi connectivity index (χ4v) is 5.44. The predicted octanol–water partition coefficient (Wildman–Crippen LogP) is 2.42. The highest BCUT2D eigenvalue weighted by atomic mass is 32.2. The Hall–Kier alpha value is -2.26. The van der Waals surface area contributed by atoms with Crippen molar-refractivity contribution in [3.05, 3.63) is 65.7 Å². The molecule has 3 rings (SSSR count). The summed E-state index contributed by atoms with van der Waals surface area (Å²) in [6, 6.07) is 18.0. The van der Waals surface area contributed by atoms with Gasteiger partial charge < -0.3 is 5.32 Å². The smallest absolute Gasteiger partial charge is 0.282 e. The molecule has 1 N–H and O–H groups in total. The van der Waals surface area contributed by atoms with E-state index >= 15 is 0 Å². The van der Waals surface area contributed by atoms with Gasteiger partial charge in [-0.3, -0.25) is 9.69 Å². The van der Waals surface area contributed by atoms with Crippen molar-refractivity contribution in [2.24, 2.45) is 0 Å². The number of hydrogen-bond acceptors (Lipinski definition) is 4. The number of nitrogens with one attached hydrogen (secondary N) is 1. The van der Waals surface area contributed by atoms with Gasteiger partial charge in [0.15, 0.2) is 0 Å². The lowest BCUT2D eigenvalue weighted by atomic mass is 10.0. The molecule has 0 radical (unpaired) electrons. The number of benzene rings is 2. The lowest BCUT2D eigenvalue weighted by Gasteiger charge is -2.36. The van der Waals surface area contributed by atoms with E-state index in [-0.39, 0.29) is 12.5 Å². The van der Waals surface area contributed by atoms with E-state index in [1.165, 1.54) is 14.2 Å². The van der Waals surface area contributed by atoms with Crippen LogP contribution >= 0.6 is 0 Å². The first-order chi connectivity index (χ1) is 14.9. The van der Waals surface area contributed by atoms with E-state index in [1.54, 1.807) is 0 Å². The van der Waals surface area contributed by atoms with E-state index in [9.17, 15) is 13.2 Å². The van der Waals surface area contributed by atoms with Crippen LogP contribution in [0.15, 0.2) is 54.6 Å². The summed E-state index contributed by atoms with van der Waals surface area (Å²) in [7, 11) is -3.42. The van der Waals surface area contributed by atoms with E-state index in [4.69, 9.17) is 0 Å². The van der Waals surface area contributed by atoms with Crippen LogP contribution in [0, 0.1) is 0 Å². The largest absolute Gasteiger partial charge is 0.325 e. The fourth-order valence-electron chi connectivity index (χ4n) is 3.84. The molecule has 1 amide bonds. The van der Waals surface area contributed by atoms with Gasteiger partial charge in [-0.05, 0) is 23.6 Å². The molecule has 0 bridgehead atoms. The van der Waals surface area contributed by atoms with E-state index in [0.29, 0.717) is 39.3 Å². The molecule has 1 fully saturated rings. The zero-order valence-electron chi connectivity index (χ0n) is 18.3. The second-order valence-electron chi connectivity index (χ2n) is 7.63. The topological polar surface area (TPSA) is 73.0 Å². The summed E-state index contributed by atoms with van der Waals surface area (Å²) in [6.07, 6.45) is 0.749. The van der Waals surface area contributed by atoms with Crippen molar-refractivity contribution in [2.75, 3.05) is 51.1 Å². The standard InChI is InChI=1S/C23H32N4O3S/c1-3-26(4-2)31(29,30)27-16-14-25(15-17-27)19-23(28)24-22-13-9-8-12-21(22)18-20-10-6-5-7-11-20/h5-13H,3-4,14-19H2,1-2H3,(H,24,28). The Labute approximate surface area is 185 Å². The molecular formula is C23H32N4O3S. The van der Waals surface area contributed by atoms with Gasteiger partial charge in [0.2, 0.25) is 5.91 Å². The average molecular weight is 445 g/mol. The molecular weight excluding hydrogens is 412 g/mol. The second-order valence-corrected chi connectivity index (χ2v) is 9.56. The molecule has 0 saturated carbocycles. The van der Waals surface area contributed by atoms with Gasteiger partial charge in [-0.15, -0.1) is 0 Å². The molecule has 31 heavy (non-hydrogen) atoms. The van der Waals surface area contributed by atoms with Crippen LogP contribution in [0.1, 0.15) is 25.0 Å². The summed E-state index contributed by atoms with van der Waals surface area (Å²) in [5.74, 6) is -0.0828. The van der Waals surface area contributed by atoms with Crippen molar-refractivity contribution in [1.29, 1.82) is 0 Å². The Morgan fingerprint density at radius 3 is 2.19 bits per heavy atom. The van der Waals surface area contributed by atoms with Crippen molar-refractivity contribution >= 4 is 21.8 Å². The number of carbonyl (C=O) groups excluding carboxylic acids is 1. The minimum absolute atomic E-state index is 0.0828. The Bertz CT molecular complexity index is 954. The van der Waals surface area contributed by atoms with E-state index in [0.717, 1.165) is 17.7 Å². The normalized spacial score (nSPS) is 15.8. The number of rotatable bonds is 9. The van der Waals surface area contributed by atoms with E-state index in [1.807, 2.05) is 61.2 Å².